The highest BCUT2D eigenvalue weighted by atomic mass is 16.5. The molecule has 35 heavy (non-hydrogen) atoms. The second kappa shape index (κ2) is 11.1. The number of amides is 3. The van der Waals surface area contributed by atoms with Crippen LogP contribution in [0.3, 0.4) is 0 Å². The van der Waals surface area contributed by atoms with Gasteiger partial charge in [-0.25, -0.2) is 4.79 Å². The van der Waals surface area contributed by atoms with Crippen LogP contribution < -0.4 is 31.6 Å². The number of Topliss-reactive ketones (excluding diaryl/α,β-unsaturated/α-hetero) is 1. The fraction of sp³-hybridized carbons (Fsp3) is 0.192. The molecule has 3 amide bonds. The molecular weight excluding hydrogens is 448 g/mol. The SMILES string of the molecule is COc1cc(C(C)=O)c(C(Cc2ccccc2NC(=O)Nc2ccc(N)cc2)C(N)=O)cc1OC. The van der Waals surface area contributed by atoms with E-state index < -0.39 is 17.9 Å². The van der Waals surface area contributed by atoms with Gasteiger partial charge in [-0.3, -0.25) is 9.59 Å². The number of hydrogen-bond donors (Lipinski definition) is 4. The molecule has 6 N–H and O–H groups in total. The van der Waals surface area contributed by atoms with Crippen molar-refractivity contribution in [1.29, 1.82) is 0 Å². The second-order valence-corrected chi connectivity index (χ2v) is 7.87. The summed E-state index contributed by atoms with van der Waals surface area (Å²) in [4.78, 5) is 37.5. The molecule has 0 aliphatic carbocycles. The van der Waals surface area contributed by atoms with Crippen LogP contribution in [0.2, 0.25) is 0 Å². The van der Waals surface area contributed by atoms with E-state index in [1.807, 2.05) is 0 Å². The van der Waals surface area contributed by atoms with E-state index in [1.54, 1.807) is 54.6 Å². The summed E-state index contributed by atoms with van der Waals surface area (Å²) in [6, 6.07) is 16.4. The van der Waals surface area contributed by atoms with Crippen LogP contribution in [-0.4, -0.2) is 31.9 Å². The third-order valence-electron chi connectivity index (χ3n) is 5.51. The number of carbonyl (C=O) groups is 3. The van der Waals surface area contributed by atoms with E-state index in [0.717, 1.165) is 0 Å². The average Bonchev–Trinajstić information content (AvgIpc) is 2.83. The number of ketones is 1. The molecule has 0 aliphatic rings. The van der Waals surface area contributed by atoms with E-state index in [0.29, 0.717) is 45.3 Å². The van der Waals surface area contributed by atoms with Crippen LogP contribution in [0.25, 0.3) is 0 Å². The maximum absolute atomic E-state index is 12.6. The lowest BCUT2D eigenvalue weighted by Gasteiger charge is -2.21. The maximum Gasteiger partial charge on any atom is 0.323 e. The molecule has 3 aromatic rings. The molecule has 0 saturated heterocycles. The van der Waals surface area contributed by atoms with Crippen LogP contribution in [0.4, 0.5) is 21.9 Å². The predicted molar refractivity (Wildman–Crippen MR) is 135 cm³/mol. The molecule has 182 valence electrons. The van der Waals surface area contributed by atoms with Crippen LogP contribution >= 0.6 is 0 Å². The number of rotatable bonds is 9. The summed E-state index contributed by atoms with van der Waals surface area (Å²) in [5, 5.41) is 5.53. The zero-order valence-electron chi connectivity index (χ0n) is 19.8. The molecular formula is C26H28N4O5. The summed E-state index contributed by atoms with van der Waals surface area (Å²) in [6.45, 7) is 1.40. The zero-order valence-corrected chi connectivity index (χ0v) is 19.8. The van der Waals surface area contributed by atoms with Gasteiger partial charge in [-0.1, -0.05) is 18.2 Å². The Labute approximate surface area is 203 Å². The van der Waals surface area contributed by atoms with Crippen LogP contribution in [-0.2, 0) is 11.2 Å². The Kier molecular flexibility index (Phi) is 7.93. The number of benzene rings is 3. The van der Waals surface area contributed by atoms with Gasteiger partial charge in [0.25, 0.3) is 0 Å². The van der Waals surface area contributed by atoms with Crippen molar-refractivity contribution in [2.24, 2.45) is 5.73 Å². The first-order valence-electron chi connectivity index (χ1n) is 10.8. The van der Waals surface area contributed by atoms with Gasteiger partial charge in [-0.2, -0.15) is 0 Å². The minimum Gasteiger partial charge on any atom is -0.493 e. The normalized spacial score (nSPS) is 11.3. The first-order valence-corrected chi connectivity index (χ1v) is 10.8. The minimum absolute atomic E-state index is 0.142. The Bertz CT molecular complexity index is 1240. The Morgan fingerprint density at radius 1 is 0.914 bits per heavy atom. The number of ether oxygens (including phenoxy) is 2. The Balaban J connectivity index is 1.92. The molecule has 0 saturated carbocycles. The molecule has 0 spiro atoms. The van der Waals surface area contributed by atoms with E-state index in [-0.39, 0.29) is 12.2 Å². The quantitative estimate of drug-likeness (QED) is 0.272. The monoisotopic (exact) mass is 476 g/mol. The number of methoxy groups -OCH3 is 2. The number of carbonyl (C=O) groups excluding carboxylic acids is 3. The first-order chi connectivity index (χ1) is 16.7. The smallest absolute Gasteiger partial charge is 0.323 e. The van der Waals surface area contributed by atoms with Crippen molar-refractivity contribution >= 4 is 34.8 Å². The molecule has 0 fully saturated rings. The highest BCUT2D eigenvalue weighted by Crippen LogP contribution is 2.36. The van der Waals surface area contributed by atoms with Crippen molar-refractivity contribution in [2.45, 2.75) is 19.3 Å². The first kappa shape index (κ1) is 25.1. The van der Waals surface area contributed by atoms with Gasteiger partial charge in [0.15, 0.2) is 17.3 Å². The minimum atomic E-state index is -0.864. The summed E-state index contributed by atoms with van der Waals surface area (Å²) >= 11 is 0. The summed E-state index contributed by atoms with van der Waals surface area (Å²) in [5.41, 5.74) is 14.5. The molecule has 3 rings (SSSR count). The van der Waals surface area contributed by atoms with E-state index in [1.165, 1.54) is 27.2 Å². The van der Waals surface area contributed by atoms with Gasteiger partial charge in [0.1, 0.15) is 0 Å². The fourth-order valence-electron chi connectivity index (χ4n) is 3.74. The van der Waals surface area contributed by atoms with Crippen LogP contribution in [0.5, 0.6) is 11.5 Å². The van der Waals surface area contributed by atoms with Crippen LogP contribution in [0, 0.1) is 0 Å². The number of nitrogens with two attached hydrogens (primary N) is 2. The molecule has 9 nitrogen and oxygen atoms in total. The number of nitrogens with one attached hydrogen (secondary N) is 2. The number of nitrogen functional groups attached to an aromatic ring is 1. The van der Waals surface area contributed by atoms with Gasteiger partial charge >= 0.3 is 6.03 Å². The zero-order chi connectivity index (χ0) is 25.5. The largest absolute Gasteiger partial charge is 0.493 e. The van der Waals surface area contributed by atoms with Crippen molar-refractivity contribution in [3.05, 3.63) is 77.4 Å². The third kappa shape index (κ3) is 6.08. The number of anilines is 3. The summed E-state index contributed by atoms with van der Waals surface area (Å²) in [6.07, 6.45) is 0.142. The van der Waals surface area contributed by atoms with Gasteiger partial charge in [0, 0.05) is 22.6 Å². The molecule has 0 radical (unpaired) electrons. The predicted octanol–water partition coefficient (Wildman–Crippen LogP) is 3.94. The lowest BCUT2D eigenvalue weighted by Crippen LogP contribution is -2.26. The standard InChI is InChI=1S/C26H28N4O5/c1-15(31)19-13-23(34-2)24(35-3)14-20(19)21(25(28)32)12-16-6-4-5-7-22(16)30-26(33)29-18-10-8-17(27)9-11-18/h4-11,13-14,21H,12,27H2,1-3H3,(H2,28,32)(H2,29,30,33). The molecule has 3 aromatic carbocycles. The van der Waals surface area contributed by atoms with Crippen molar-refractivity contribution in [3.8, 4) is 11.5 Å². The molecule has 1 unspecified atom stereocenters. The van der Waals surface area contributed by atoms with E-state index in [9.17, 15) is 14.4 Å². The highest BCUT2D eigenvalue weighted by molar-refractivity contribution is 6.01. The number of hydrogen-bond acceptors (Lipinski definition) is 6. The molecule has 9 heteroatoms. The van der Waals surface area contributed by atoms with E-state index >= 15 is 0 Å². The van der Waals surface area contributed by atoms with E-state index in [4.69, 9.17) is 20.9 Å². The average molecular weight is 477 g/mol. The molecule has 0 heterocycles. The van der Waals surface area contributed by atoms with Gasteiger partial charge in [0.2, 0.25) is 5.91 Å². The highest BCUT2D eigenvalue weighted by Gasteiger charge is 2.26. The maximum atomic E-state index is 12.6. The van der Waals surface area contributed by atoms with Gasteiger partial charge in [-0.15, -0.1) is 0 Å². The summed E-state index contributed by atoms with van der Waals surface area (Å²) in [5.74, 6) is -1.00. The van der Waals surface area contributed by atoms with Crippen molar-refractivity contribution < 1.29 is 23.9 Å². The molecule has 0 aromatic heterocycles. The van der Waals surface area contributed by atoms with Gasteiger partial charge < -0.3 is 31.6 Å². The molecule has 0 bridgehead atoms. The lowest BCUT2D eigenvalue weighted by molar-refractivity contribution is -0.119. The Hall–Kier alpha value is -4.53. The lowest BCUT2D eigenvalue weighted by atomic mass is 9.86. The topological polar surface area (TPSA) is 146 Å². The summed E-state index contributed by atoms with van der Waals surface area (Å²) in [7, 11) is 2.93. The van der Waals surface area contributed by atoms with Crippen LogP contribution in [0.15, 0.2) is 60.7 Å². The molecule has 0 aliphatic heterocycles. The van der Waals surface area contributed by atoms with Crippen molar-refractivity contribution in [1.82, 2.24) is 0 Å². The fourth-order valence-corrected chi connectivity index (χ4v) is 3.74. The molecule has 1 atom stereocenters. The van der Waals surface area contributed by atoms with Gasteiger partial charge in [-0.05, 0) is 66.9 Å². The Morgan fingerprint density at radius 3 is 2.14 bits per heavy atom. The third-order valence-corrected chi connectivity index (χ3v) is 5.51. The van der Waals surface area contributed by atoms with Crippen molar-refractivity contribution in [3.63, 3.8) is 0 Å². The van der Waals surface area contributed by atoms with Crippen molar-refractivity contribution in [2.75, 3.05) is 30.6 Å². The van der Waals surface area contributed by atoms with Crippen LogP contribution in [0.1, 0.15) is 34.3 Å². The van der Waals surface area contributed by atoms with Gasteiger partial charge in [0.05, 0.1) is 20.1 Å². The number of primary amides is 1. The summed E-state index contributed by atoms with van der Waals surface area (Å²) < 4.78 is 10.7. The Morgan fingerprint density at radius 2 is 1.54 bits per heavy atom. The number of para-hydroxylation sites is 1. The number of urea groups is 1. The second-order valence-electron chi connectivity index (χ2n) is 7.87. The van der Waals surface area contributed by atoms with E-state index in [2.05, 4.69) is 10.6 Å².